The van der Waals surface area contributed by atoms with E-state index in [1.54, 1.807) is 54.9 Å². The highest BCUT2D eigenvalue weighted by atomic mass is 35.5. The van der Waals surface area contributed by atoms with Crippen LogP contribution in [0.1, 0.15) is 37.9 Å². The summed E-state index contributed by atoms with van der Waals surface area (Å²) in [5.41, 5.74) is 3.40. The van der Waals surface area contributed by atoms with E-state index < -0.39 is 11.7 Å². The summed E-state index contributed by atoms with van der Waals surface area (Å²) < 4.78 is 0. The molecule has 4 heterocycles. The van der Waals surface area contributed by atoms with Gasteiger partial charge in [0.2, 0.25) is 0 Å². The summed E-state index contributed by atoms with van der Waals surface area (Å²) >= 11 is 6.04. The van der Waals surface area contributed by atoms with Crippen molar-refractivity contribution < 1.29 is 14.7 Å². The quantitative estimate of drug-likeness (QED) is 0.213. The summed E-state index contributed by atoms with van der Waals surface area (Å²) in [6.07, 6.45) is 4.48. The summed E-state index contributed by atoms with van der Waals surface area (Å²) in [5, 5.41) is 14.2. The molecule has 0 saturated carbocycles. The van der Waals surface area contributed by atoms with Gasteiger partial charge < -0.3 is 20.4 Å². The first-order chi connectivity index (χ1) is 19.4. The molecular formula is C29H23ClN6O4. The Morgan fingerprint density at radius 3 is 2.55 bits per heavy atom. The van der Waals surface area contributed by atoms with E-state index in [4.69, 9.17) is 11.6 Å². The van der Waals surface area contributed by atoms with E-state index >= 15 is 0 Å². The molecule has 0 saturated heterocycles. The minimum atomic E-state index is -0.872. The van der Waals surface area contributed by atoms with Crippen molar-refractivity contribution in [3.63, 3.8) is 0 Å². The van der Waals surface area contributed by atoms with Gasteiger partial charge in [0.1, 0.15) is 11.4 Å². The second-order valence-electron chi connectivity index (χ2n) is 9.41. The van der Waals surface area contributed by atoms with Crippen LogP contribution in [0.15, 0.2) is 78.0 Å². The summed E-state index contributed by atoms with van der Waals surface area (Å²) in [6.45, 7) is 0.363. The number of rotatable bonds is 8. The molecule has 10 nitrogen and oxygen atoms in total. The molecular weight excluding hydrogens is 532 g/mol. The van der Waals surface area contributed by atoms with E-state index in [2.05, 4.69) is 25.3 Å². The van der Waals surface area contributed by atoms with Crippen molar-refractivity contribution in [3.8, 4) is 11.4 Å². The minimum Gasteiger partial charge on any atom is -0.387 e. The Morgan fingerprint density at radius 2 is 1.77 bits per heavy atom. The number of amides is 2. The SMILES string of the molecule is O=C1c2cc3nc(-c4c(NCC(O)c5cccc(Cl)c5)cc[nH]c4=O)[nH]c3cc2C(=O)N1CCc1ccncc1. The van der Waals surface area contributed by atoms with Gasteiger partial charge in [-0.3, -0.25) is 24.3 Å². The molecule has 40 heavy (non-hydrogen) atoms. The van der Waals surface area contributed by atoms with Crippen molar-refractivity contribution >= 4 is 40.1 Å². The number of imide groups is 1. The molecule has 1 aliphatic rings. The number of benzene rings is 2. The molecule has 1 aliphatic heterocycles. The second-order valence-corrected chi connectivity index (χ2v) is 9.85. The maximum atomic E-state index is 13.1. The predicted octanol–water partition coefficient (Wildman–Crippen LogP) is 3.95. The van der Waals surface area contributed by atoms with Crippen LogP contribution in [-0.4, -0.2) is 54.8 Å². The number of imidazole rings is 1. The Hall–Kier alpha value is -4.80. The van der Waals surface area contributed by atoms with Crippen LogP contribution in [0.4, 0.5) is 5.69 Å². The number of carbonyl (C=O) groups is 2. The van der Waals surface area contributed by atoms with Crippen molar-refractivity contribution in [1.82, 2.24) is 24.8 Å². The van der Waals surface area contributed by atoms with Gasteiger partial charge >= 0.3 is 0 Å². The second kappa shape index (κ2) is 10.4. The molecule has 0 aliphatic carbocycles. The number of hydrogen-bond acceptors (Lipinski definition) is 7. The van der Waals surface area contributed by atoms with Crippen molar-refractivity contribution in [1.29, 1.82) is 0 Å². The molecule has 2 aromatic carbocycles. The fourth-order valence-electron chi connectivity index (χ4n) is 4.80. The third-order valence-electron chi connectivity index (χ3n) is 6.86. The molecule has 11 heteroatoms. The Bertz CT molecular complexity index is 1760. The van der Waals surface area contributed by atoms with Crippen molar-refractivity contribution in [2.45, 2.75) is 12.5 Å². The van der Waals surface area contributed by atoms with E-state index in [1.165, 1.54) is 11.1 Å². The molecule has 1 atom stereocenters. The highest BCUT2D eigenvalue weighted by Crippen LogP contribution is 2.30. The molecule has 4 N–H and O–H groups in total. The standard InChI is InChI=1S/C29H23ClN6O4/c30-18-3-1-2-17(12-18)24(37)15-33-21-6-10-32-27(38)25(21)26-34-22-13-19-20(14-23(22)35-26)29(40)36(28(19)39)11-7-16-4-8-31-9-5-16/h1-6,8-10,12-14,24,37H,7,11,15H2,(H,34,35)(H2,32,33,38). The van der Waals surface area contributed by atoms with Crippen molar-refractivity contribution in [2.24, 2.45) is 0 Å². The van der Waals surface area contributed by atoms with Crippen LogP contribution >= 0.6 is 11.6 Å². The van der Waals surface area contributed by atoms with Crippen LogP contribution in [0, 0.1) is 0 Å². The topological polar surface area (TPSA) is 144 Å². The van der Waals surface area contributed by atoms with Crippen molar-refractivity contribution in [3.05, 3.63) is 111 Å². The summed E-state index contributed by atoms with van der Waals surface area (Å²) in [5.74, 6) is -0.493. The highest BCUT2D eigenvalue weighted by molar-refractivity contribution is 6.30. The van der Waals surface area contributed by atoms with Crippen LogP contribution in [0.5, 0.6) is 0 Å². The molecule has 200 valence electrons. The Balaban J connectivity index is 1.26. The number of carbonyl (C=O) groups excluding carboxylic acids is 2. The number of aromatic amines is 2. The van der Waals surface area contributed by atoms with Gasteiger partial charge in [0.25, 0.3) is 17.4 Å². The summed E-state index contributed by atoms with van der Waals surface area (Å²) in [7, 11) is 0. The number of anilines is 1. The third kappa shape index (κ3) is 4.74. The van der Waals surface area contributed by atoms with E-state index in [-0.39, 0.29) is 47.4 Å². The Kier molecular flexibility index (Phi) is 6.63. The van der Waals surface area contributed by atoms with Crippen LogP contribution in [0.25, 0.3) is 22.4 Å². The number of aliphatic hydroxyl groups excluding tert-OH is 1. The number of aromatic nitrogens is 4. The van der Waals surface area contributed by atoms with Crippen LogP contribution < -0.4 is 10.9 Å². The van der Waals surface area contributed by atoms with Gasteiger partial charge in [-0.05, 0) is 60.0 Å². The van der Waals surface area contributed by atoms with E-state index in [0.717, 1.165) is 5.56 Å². The Labute approximate surface area is 232 Å². The van der Waals surface area contributed by atoms with Gasteiger partial charge in [-0.25, -0.2) is 4.98 Å². The maximum Gasteiger partial charge on any atom is 0.261 e. The molecule has 6 rings (SSSR count). The number of nitrogens with zero attached hydrogens (tertiary/aromatic N) is 3. The number of hydrogen-bond donors (Lipinski definition) is 4. The number of H-pyrrole nitrogens is 2. The van der Waals surface area contributed by atoms with E-state index in [9.17, 15) is 19.5 Å². The lowest BCUT2D eigenvalue weighted by Crippen LogP contribution is -2.31. The van der Waals surface area contributed by atoms with Crippen LogP contribution in [0.3, 0.4) is 0 Å². The lowest BCUT2D eigenvalue weighted by atomic mass is 10.1. The highest BCUT2D eigenvalue weighted by Gasteiger charge is 2.36. The van der Waals surface area contributed by atoms with E-state index in [1.807, 2.05) is 12.1 Å². The Morgan fingerprint density at radius 1 is 1.00 bits per heavy atom. The molecule has 0 radical (unpaired) electrons. The first-order valence-electron chi connectivity index (χ1n) is 12.6. The molecule has 0 fully saturated rings. The summed E-state index contributed by atoms with van der Waals surface area (Å²) in [6, 6.07) is 15.4. The fourth-order valence-corrected chi connectivity index (χ4v) is 5.00. The molecule has 1 unspecified atom stereocenters. The first-order valence-corrected chi connectivity index (χ1v) is 12.9. The predicted molar refractivity (Wildman–Crippen MR) is 150 cm³/mol. The lowest BCUT2D eigenvalue weighted by molar-refractivity contribution is 0.0656. The zero-order valence-corrected chi connectivity index (χ0v) is 21.8. The average Bonchev–Trinajstić information content (AvgIpc) is 3.47. The minimum absolute atomic E-state index is 0.115. The van der Waals surface area contributed by atoms with Gasteiger partial charge in [0.15, 0.2) is 0 Å². The number of halogens is 1. The fraction of sp³-hybridized carbons (Fsp3) is 0.138. The molecule has 3 aromatic heterocycles. The zero-order valence-electron chi connectivity index (χ0n) is 21.0. The molecule has 0 bridgehead atoms. The number of pyridine rings is 2. The lowest BCUT2D eigenvalue weighted by Gasteiger charge is -2.15. The summed E-state index contributed by atoms with van der Waals surface area (Å²) in [4.78, 5) is 54.6. The van der Waals surface area contributed by atoms with Gasteiger partial charge in [-0.15, -0.1) is 0 Å². The normalized spacial score (nSPS) is 13.6. The average molecular weight is 555 g/mol. The number of fused-ring (bicyclic) bond motifs is 2. The van der Waals surface area contributed by atoms with Crippen molar-refractivity contribution in [2.75, 3.05) is 18.4 Å². The van der Waals surface area contributed by atoms with E-state index in [0.29, 0.717) is 33.7 Å². The number of aliphatic hydroxyl groups is 1. The molecule has 0 spiro atoms. The van der Waals surface area contributed by atoms with Crippen LogP contribution in [0.2, 0.25) is 5.02 Å². The van der Waals surface area contributed by atoms with Gasteiger partial charge in [0, 0.05) is 36.7 Å². The third-order valence-corrected chi connectivity index (χ3v) is 7.10. The smallest absolute Gasteiger partial charge is 0.261 e. The maximum absolute atomic E-state index is 13.1. The van der Waals surface area contributed by atoms with Gasteiger partial charge in [-0.1, -0.05) is 23.7 Å². The van der Waals surface area contributed by atoms with Gasteiger partial charge in [-0.2, -0.15) is 0 Å². The first kappa shape index (κ1) is 25.5. The zero-order chi connectivity index (χ0) is 27.8. The largest absolute Gasteiger partial charge is 0.387 e. The number of nitrogens with one attached hydrogen (secondary N) is 3. The molecule has 5 aromatic rings. The molecule has 2 amide bonds. The monoisotopic (exact) mass is 554 g/mol. The van der Waals surface area contributed by atoms with Gasteiger partial charge in [0.05, 0.1) is 34.0 Å². The van der Waals surface area contributed by atoms with Crippen LogP contribution in [-0.2, 0) is 6.42 Å².